The number of carbonyl (C=O) groups excluding carboxylic acids is 1. The SMILES string of the molecule is CCSc1ccc(NC(=O)CN(C)S(=O)(=O)c2ccc(F)cc2)cn1. The molecule has 2 aromatic rings. The van der Waals surface area contributed by atoms with Crippen molar-refractivity contribution in [1.82, 2.24) is 9.29 Å². The first kappa shape index (κ1) is 19.4. The number of aromatic nitrogens is 1. The molecule has 0 unspecified atom stereocenters. The van der Waals surface area contributed by atoms with Gasteiger partial charge in [0.05, 0.1) is 28.4 Å². The minimum atomic E-state index is -3.87. The zero-order valence-electron chi connectivity index (χ0n) is 13.8. The van der Waals surface area contributed by atoms with Gasteiger partial charge in [0.25, 0.3) is 0 Å². The monoisotopic (exact) mass is 383 g/mol. The molecule has 0 fully saturated rings. The third kappa shape index (κ3) is 5.25. The molecule has 1 heterocycles. The standard InChI is InChI=1S/C16H18FN3O3S2/c1-3-24-16-9-6-13(10-18-16)19-15(21)11-20(2)25(22,23)14-7-4-12(17)5-8-14/h4-10H,3,11H2,1-2H3,(H,19,21). The van der Waals surface area contributed by atoms with E-state index in [4.69, 9.17) is 0 Å². The number of thioether (sulfide) groups is 1. The first-order valence-electron chi connectivity index (χ1n) is 7.43. The van der Waals surface area contributed by atoms with E-state index in [1.165, 1.54) is 13.2 Å². The second kappa shape index (κ2) is 8.41. The largest absolute Gasteiger partial charge is 0.324 e. The van der Waals surface area contributed by atoms with Crippen molar-refractivity contribution in [2.75, 3.05) is 24.7 Å². The summed E-state index contributed by atoms with van der Waals surface area (Å²) in [6.07, 6.45) is 1.52. The Morgan fingerprint density at radius 1 is 1.24 bits per heavy atom. The van der Waals surface area contributed by atoms with Crippen molar-refractivity contribution >= 4 is 33.4 Å². The highest BCUT2D eigenvalue weighted by Crippen LogP contribution is 2.17. The van der Waals surface area contributed by atoms with Crippen LogP contribution in [0.2, 0.25) is 0 Å². The highest BCUT2D eigenvalue weighted by molar-refractivity contribution is 7.99. The number of hydrogen-bond donors (Lipinski definition) is 1. The lowest BCUT2D eigenvalue weighted by Crippen LogP contribution is -2.35. The molecule has 0 aliphatic carbocycles. The van der Waals surface area contributed by atoms with Crippen molar-refractivity contribution < 1.29 is 17.6 Å². The third-order valence-corrected chi connectivity index (χ3v) is 5.84. The molecule has 6 nitrogen and oxygen atoms in total. The lowest BCUT2D eigenvalue weighted by Gasteiger charge is -2.17. The smallest absolute Gasteiger partial charge is 0.243 e. The Hall–Kier alpha value is -1.97. The molecule has 1 aromatic carbocycles. The summed E-state index contributed by atoms with van der Waals surface area (Å²) in [5.74, 6) is -0.132. The number of benzene rings is 1. The van der Waals surface area contributed by atoms with Crippen molar-refractivity contribution in [2.45, 2.75) is 16.8 Å². The second-order valence-electron chi connectivity index (χ2n) is 5.08. The molecular weight excluding hydrogens is 365 g/mol. The number of nitrogens with one attached hydrogen (secondary N) is 1. The number of rotatable bonds is 7. The fourth-order valence-electron chi connectivity index (χ4n) is 1.96. The van der Waals surface area contributed by atoms with Gasteiger partial charge in [-0.1, -0.05) is 6.92 Å². The molecule has 0 saturated carbocycles. The zero-order valence-corrected chi connectivity index (χ0v) is 15.4. The molecule has 0 radical (unpaired) electrons. The average Bonchev–Trinajstić information content (AvgIpc) is 2.57. The summed E-state index contributed by atoms with van der Waals surface area (Å²) < 4.78 is 38.5. The minimum Gasteiger partial charge on any atom is -0.324 e. The Balaban J connectivity index is 2.00. The fraction of sp³-hybridized carbons (Fsp3) is 0.250. The van der Waals surface area contributed by atoms with Crippen LogP contribution < -0.4 is 5.32 Å². The van der Waals surface area contributed by atoms with Crippen LogP contribution in [0.5, 0.6) is 0 Å². The van der Waals surface area contributed by atoms with Gasteiger partial charge >= 0.3 is 0 Å². The molecule has 1 aromatic heterocycles. The van der Waals surface area contributed by atoms with Crippen molar-refractivity contribution in [3.63, 3.8) is 0 Å². The van der Waals surface area contributed by atoms with Crippen LogP contribution in [0, 0.1) is 5.82 Å². The molecule has 9 heteroatoms. The predicted octanol–water partition coefficient (Wildman–Crippen LogP) is 2.59. The quantitative estimate of drug-likeness (QED) is 0.744. The molecule has 1 amide bonds. The molecule has 2 rings (SSSR count). The topological polar surface area (TPSA) is 79.4 Å². The van der Waals surface area contributed by atoms with E-state index in [2.05, 4.69) is 10.3 Å². The van der Waals surface area contributed by atoms with Gasteiger partial charge in [-0.3, -0.25) is 4.79 Å². The third-order valence-electron chi connectivity index (χ3n) is 3.20. The Bertz CT molecular complexity index is 825. The summed E-state index contributed by atoms with van der Waals surface area (Å²) in [6, 6.07) is 7.92. The van der Waals surface area contributed by atoms with Gasteiger partial charge in [-0.05, 0) is 42.2 Å². The van der Waals surface area contributed by atoms with Crippen molar-refractivity contribution in [3.05, 3.63) is 48.4 Å². The minimum absolute atomic E-state index is 0.0770. The Morgan fingerprint density at radius 3 is 2.48 bits per heavy atom. The molecule has 0 bridgehead atoms. The van der Waals surface area contributed by atoms with E-state index >= 15 is 0 Å². The highest BCUT2D eigenvalue weighted by atomic mass is 32.2. The number of amides is 1. The predicted molar refractivity (Wildman–Crippen MR) is 95.5 cm³/mol. The van der Waals surface area contributed by atoms with Crippen LogP contribution in [0.25, 0.3) is 0 Å². The average molecular weight is 383 g/mol. The van der Waals surface area contributed by atoms with Crippen LogP contribution >= 0.6 is 11.8 Å². The van der Waals surface area contributed by atoms with Crippen LogP contribution in [0.1, 0.15) is 6.92 Å². The van der Waals surface area contributed by atoms with Gasteiger partial charge in [0.1, 0.15) is 5.82 Å². The van der Waals surface area contributed by atoms with E-state index in [0.29, 0.717) is 5.69 Å². The maximum atomic E-state index is 12.9. The molecule has 0 aliphatic heterocycles. The molecule has 0 saturated heterocycles. The maximum Gasteiger partial charge on any atom is 0.243 e. The molecule has 0 aliphatic rings. The van der Waals surface area contributed by atoms with E-state index in [0.717, 1.165) is 39.3 Å². The number of halogens is 1. The normalized spacial score (nSPS) is 11.5. The van der Waals surface area contributed by atoms with Crippen LogP contribution in [-0.2, 0) is 14.8 Å². The Labute approximate surface area is 150 Å². The van der Waals surface area contributed by atoms with Gasteiger partial charge in [-0.2, -0.15) is 4.31 Å². The lowest BCUT2D eigenvalue weighted by atomic mass is 10.4. The number of anilines is 1. The van der Waals surface area contributed by atoms with Crippen LogP contribution in [0.4, 0.5) is 10.1 Å². The van der Waals surface area contributed by atoms with Gasteiger partial charge in [0, 0.05) is 7.05 Å². The van der Waals surface area contributed by atoms with E-state index in [9.17, 15) is 17.6 Å². The summed E-state index contributed by atoms with van der Waals surface area (Å²) in [5, 5.41) is 3.44. The number of sulfonamides is 1. The first-order chi connectivity index (χ1) is 11.8. The van der Waals surface area contributed by atoms with Crippen LogP contribution in [0.3, 0.4) is 0 Å². The summed E-state index contributed by atoms with van der Waals surface area (Å²) in [5.41, 5.74) is 0.484. The van der Waals surface area contributed by atoms with Gasteiger partial charge in [0.2, 0.25) is 15.9 Å². The number of hydrogen-bond acceptors (Lipinski definition) is 5. The van der Waals surface area contributed by atoms with Gasteiger partial charge < -0.3 is 5.32 Å². The number of likely N-dealkylation sites (N-methyl/N-ethyl adjacent to an activating group) is 1. The molecular formula is C16H18FN3O3S2. The molecule has 0 atom stereocenters. The van der Waals surface area contributed by atoms with Gasteiger partial charge in [0.15, 0.2) is 0 Å². The van der Waals surface area contributed by atoms with Gasteiger partial charge in [-0.15, -0.1) is 11.8 Å². The fourth-order valence-corrected chi connectivity index (χ4v) is 3.68. The highest BCUT2D eigenvalue weighted by Gasteiger charge is 2.23. The lowest BCUT2D eigenvalue weighted by molar-refractivity contribution is -0.116. The van der Waals surface area contributed by atoms with E-state index < -0.39 is 21.7 Å². The molecule has 0 spiro atoms. The summed E-state index contributed by atoms with van der Waals surface area (Å²) >= 11 is 1.58. The molecule has 1 N–H and O–H groups in total. The molecule has 134 valence electrons. The Kier molecular flexibility index (Phi) is 6.51. The molecule has 25 heavy (non-hydrogen) atoms. The summed E-state index contributed by atoms with van der Waals surface area (Å²) in [7, 11) is -2.58. The van der Waals surface area contributed by atoms with E-state index in [1.54, 1.807) is 23.9 Å². The van der Waals surface area contributed by atoms with Crippen LogP contribution in [0.15, 0.2) is 52.5 Å². The van der Waals surface area contributed by atoms with Crippen LogP contribution in [-0.4, -0.2) is 43.0 Å². The van der Waals surface area contributed by atoms with Crippen molar-refractivity contribution in [2.24, 2.45) is 0 Å². The van der Waals surface area contributed by atoms with Gasteiger partial charge in [-0.25, -0.2) is 17.8 Å². The summed E-state index contributed by atoms with van der Waals surface area (Å²) in [4.78, 5) is 16.2. The van der Waals surface area contributed by atoms with E-state index in [1.807, 2.05) is 6.92 Å². The first-order valence-corrected chi connectivity index (χ1v) is 9.86. The summed E-state index contributed by atoms with van der Waals surface area (Å²) in [6.45, 7) is 1.64. The maximum absolute atomic E-state index is 12.9. The number of carbonyl (C=O) groups is 1. The second-order valence-corrected chi connectivity index (χ2v) is 8.41. The van der Waals surface area contributed by atoms with Crippen molar-refractivity contribution in [1.29, 1.82) is 0 Å². The zero-order chi connectivity index (χ0) is 18.4. The number of pyridine rings is 1. The van der Waals surface area contributed by atoms with E-state index in [-0.39, 0.29) is 11.4 Å². The number of nitrogens with zero attached hydrogens (tertiary/aromatic N) is 2. The Morgan fingerprint density at radius 2 is 1.92 bits per heavy atom. The van der Waals surface area contributed by atoms with Crippen molar-refractivity contribution in [3.8, 4) is 0 Å².